The molecule has 3 N–H and O–H groups in total. The summed E-state index contributed by atoms with van der Waals surface area (Å²) in [6, 6.07) is 4.12. The number of carbonyl (C=O) groups is 1. The van der Waals surface area contributed by atoms with Gasteiger partial charge in [0.05, 0.1) is 5.56 Å². The average molecular weight is 243 g/mol. The van der Waals surface area contributed by atoms with Crippen molar-refractivity contribution in [1.29, 1.82) is 0 Å². The predicted molar refractivity (Wildman–Crippen MR) is 59.9 cm³/mol. The third-order valence-corrected chi connectivity index (χ3v) is 2.92. The zero-order valence-electron chi connectivity index (χ0n) is 8.54. The first-order valence-electron chi connectivity index (χ1n) is 5.08. The molecule has 2 rings (SSSR count). The van der Waals surface area contributed by atoms with Crippen molar-refractivity contribution in [3.63, 3.8) is 0 Å². The van der Waals surface area contributed by atoms with Gasteiger partial charge in [0.25, 0.3) is 5.91 Å². The van der Waals surface area contributed by atoms with E-state index in [-0.39, 0.29) is 17.6 Å². The molecule has 1 aromatic carbocycles. The highest BCUT2D eigenvalue weighted by Gasteiger charge is 2.28. The third kappa shape index (κ3) is 2.33. The number of hydrogen-bond acceptors (Lipinski definition) is 2. The fourth-order valence-electron chi connectivity index (χ4n) is 1.71. The number of rotatable bonds is 2. The highest BCUT2D eigenvalue weighted by molar-refractivity contribution is 6.31. The van der Waals surface area contributed by atoms with Crippen molar-refractivity contribution in [3.8, 4) is 0 Å². The molecule has 0 unspecified atom stereocenters. The molecule has 0 atom stereocenters. The lowest BCUT2D eigenvalue weighted by Gasteiger charge is -2.32. The molecule has 0 aliphatic heterocycles. The Kier molecular flexibility index (Phi) is 3.12. The van der Waals surface area contributed by atoms with E-state index < -0.39 is 11.7 Å². The number of benzene rings is 1. The molecule has 1 aliphatic rings. The number of nitrogens with one attached hydrogen (secondary N) is 1. The van der Waals surface area contributed by atoms with Gasteiger partial charge in [-0.1, -0.05) is 11.6 Å². The van der Waals surface area contributed by atoms with E-state index in [4.69, 9.17) is 17.3 Å². The molecule has 0 spiro atoms. The van der Waals surface area contributed by atoms with E-state index in [1.807, 2.05) is 0 Å². The first-order chi connectivity index (χ1) is 7.56. The summed E-state index contributed by atoms with van der Waals surface area (Å²) in [6.45, 7) is 0. The van der Waals surface area contributed by atoms with Crippen LogP contribution in [0.2, 0.25) is 5.02 Å². The molecule has 5 heteroatoms. The van der Waals surface area contributed by atoms with Crippen molar-refractivity contribution < 1.29 is 9.18 Å². The highest BCUT2D eigenvalue weighted by atomic mass is 35.5. The van der Waals surface area contributed by atoms with Crippen LogP contribution in [0.25, 0.3) is 0 Å². The van der Waals surface area contributed by atoms with Crippen molar-refractivity contribution >= 4 is 17.5 Å². The maximum atomic E-state index is 13.3. The van der Waals surface area contributed by atoms with E-state index in [0.29, 0.717) is 5.02 Å². The van der Waals surface area contributed by atoms with E-state index in [2.05, 4.69) is 5.32 Å². The maximum Gasteiger partial charge on any atom is 0.254 e. The summed E-state index contributed by atoms with van der Waals surface area (Å²) >= 11 is 5.70. The van der Waals surface area contributed by atoms with Gasteiger partial charge in [-0.05, 0) is 31.0 Å². The predicted octanol–water partition coefficient (Wildman–Crippen LogP) is 1.70. The Bertz CT molecular complexity index is 418. The van der Waals surface area contributed by atoms with Gasteiger partial charge in [-0.3, -0.25) is 4.79 Å². The molecular weight excluding hydrogens is 231 g/mol. The lowest BCUT2D eigenvalue weighted by atomic mass is 9.87. The molecule has 1 amide bonds. The Morgan fingerprint density at radius 2 is 2.19 bits per heavy atom. The summed E-state index contributed by atoms with van der Waals surface area (Å²) in [5.41, 5.74) is 5.57. The SMILES string of the molecule is NC1CC(NC(=O)c2cc(Cl)ccc2F)C1. The largest absolute Gasteiger partial charge is 0.349 e. The van der Waals surface area contributed by atoms with Gasteiger partial charge in [0, 0.05) is 17.1 Å². The Balaban J connectivity index is 2.05. The Morgan fingerprint density at radius 3 is 2.81 bits per heavy atom. The lowest BCUT2D eigenvalue weighted by Crippen LogP contribution is -2.50. The van der Waals surface area contributed by atoms with E-state index in [9.17, 15) is 9.18 Å². The minimum atomic E-state index is -0.564. The molecule has 0 saturated heterocycles. The van der Waals surface area contributed by atoms with Gasteiger partial charge in [0.15, 0.2) is 0 Å². The number of halogens is 2. The van der Waals surface area contributed by atoms with Crippen LogP contribution >= 0.6 is 11.6 Å². The second-order valence-electron chi connectivity index (χ2n) is 4.03. The molecule has 86 valence electrons. The minimum Gasteiger partial charge on any atom is -0.349 e. The minimum absolute atomic E-state index is 0.0204. The number of carbonyl (C=O) groups excluding carboxylic acids is 1. The van der Waals surface area contributed by atoms with Gasteiger partial charge in [-0.2, -0.15) is 0 Å². The zero-order chi connectivity index (χ0) is 11.7. The second kappa shape index (κ2) is 4.39. The van der Waals surface area contributed by atoms with Crippen molar-refractivity contribution in [2.45, 2.75) is 24.9 Å². The van der Waals surface area contributed by atoms with Crippen LogP contribution in [0.3, 0.4) is 0 Å². The van der Waals surface area contributed by atoms with Crippen molar-refractivity contribution in [2.24, 2.45) is 5.73 Å². The number of nitrogens with two attached hydrogens (primary N) is 1. The Labute approximate surface area is 97.8 Å². The van der Waals surface area contributed by atoms with Crippen LogP contribution in [0, 0.1) is 5.82 Å². The summed E-state index contributed by atoms with van der Waals surface area (Å²) in [7, 11) is 0. The summed E-state index contributed by atoms with van der Waals surface area (Å²) in [5, 5.41) is 3.06. The molecule has 1 aliphatic carbocycles. The standard InChI is InChI=1S/C11H12ClFN2O/c12-6-1-2-10(13)9(3-6)11(16)15-8-4-7(14)5-8/h1-3,7-8H,4-5,14H2,(H,15,16). The molecule has 1 aromatic rings. The van der Waals surface area contributed by atoms with Crippen LogP contribution in [0.5, 0.6) is 0 Å². The number of amides is 1. The molecule has 1 saturated carbocycles. The van der Waals surface area contributed by atoms with Gasteiger partial charge in [-0.15, -0.1) is 0 Å². The van der Waals surface area contributed by atoms with E-state index in [1.165, 1.54) is 18.2 Å². The lowest BCUT2D eigenvalue weighted by molar-refractivity contribution is 0.0906. The summed E-state index contributed by atoms with van der Waals surface area (Å²) in [4.78, 5) is 11.7. The molecule has 0 bridgehead atoms. The maximum absolute atomic E-state index is 13.3. The Hall–Kier alpha value is -1.13. The average Bonchev–Trinajstić information content (AvgIpc) is 2.19. The summed E-state index contributed by atoms with van der Waals surface area (Å²) < 4.78 is 13.3. The molecule has 0 radical (unpaired) electrons. The van der Waals surface area contributed by atoms with Crippen molar-refractivity contribution in [2.75, 3.05) is 0 Å². The summed E-state index contributed by atoms with van der Waals surface area (Å²) in [6.07, 6.45) is 1.49. The molecular formula is C11H12ClFN2O. The quantitative estimate of drug-likeness (QED) is 0.829. The van der Waals surface area contributed by atoms with Crippen LogP contribution in [0.1, 0.15) is 23.2 Å². The van der Waals surface area contributed by atoms with Gasteiger partial charge < -0.3 is 11.1 Å². The molecule has 0 heterocycles. The fraction of sp³-hybridized carbons (Fsp3) is 0.364. The van der Waals surface area contributed by atoms with Gasteiger partial charge in [-0.25, -0.2) is 4.39 Å². The van der Waals surface area contributed by atoms with Crippen LogP contribution in [0.4, 0.5) is 4.39 Å². The highest BCUT2D eigenvalue weighted by Crippen LogP contribution is 2.19. The van der Waals surface area contributed by atoms with E-state index >= 15 is 0 Å². The molecule has 3 nitrogen and oxygen atoms in total. The summed E-state index contributed by atoms with van der Waals surface area (Å²) in [5.74, 6) is -0.998. The van der Waals surface area contributed by atoms with Gasteiger partial charge in [0.2, 0.25) is 0 Å². The zero-order valence-corrected chi connectivity index (χ0v) is 9.30. The van der Waals surface area contributed by atoms with Crippen molar-refractivity contribution in [3.05, 3.63) is 34.6 Å². The van der Waals surface area contributed by atoms with Crippen LogP contribution in [0.15, 0.2) is 18.2 Å². The molecule has 0 aromatic heterocycles. The normalized spacial score (nSPS) is 23.7. The first-order valence-corrected chi connectivity index (χ1v) is 5.45. The molecule has 1 fully saturated rings. The van der Waals surface area contributed by atoms with Gasteiger partial charge >= 0.3 is 0 Å². The van der Waals surface area contributed by atoms with Crippen LogP contribution < -0.4 is 11.1 Å². The second-order valence-corrected chi connectivity index (χ2v) is 4.46. The molecule has 16 heavy (non-hydrogen) atoms. The first kappa shape index (κ1) is 11.4. The topological polar surface area (TPSA) is 55.1 Å². The van der Waals surface area contributed by atoms with Crippen LogP contribution in [-0.4, -0.2) is 18.0 Å². The number of hydrogen-bond donors (Lipinski definition) is 2. The smallest absolute Gasteiger partial charge is 0.254 e. The van der Waals surface area contributed by atoms with E-state index in [1.54, 1.807) is 0 Å². The monoisotopic (exact) mass is 242 g/mol. The fourth-order valence-corrected chi connectivity index (χ4v) is 1.89. The van der Waals surface area contributed by atoms with E-state index in [0.717, 1.165) is 12.8 Å². The van der Waals surface area contributed by atoms with Gasteiger partial charge in [0.1, 0.15) is 5.82 Å². The van der Waals surface area contributed by atoms with Crippen molar-refractivity contribution in [1.82, 2.24) is 5.32 Å². The van der Waals surface area contributed by atoms with Crippen LogP contribution in [-0.2, 0) is 0 Å². The third-order valence-electron chi connectivity index (χ3n) is 2.68. The Morgan fingerprint density at radius 1 is 1.50 bits per heavy atom.